The van der Waals surface area contributed by atoms with E-state index >= 15 is 0 Å². The largest absolute Gasteiger partial charge is 0.444 e. The van der Waals surface area contributed by atoms with Crippen LogP contribution in [0.25, 0.3) is 4.85 Å². The van der Waals surface area contributed by atoms with Crippen LogP contribution >= 0.6 is 0 Å². The summed E-state index contributed by atoms with van der Waals surface area (Å²) in [5.41, 5.74) is -0.442. The van der Waals surface area contributed by atoms with Gasteiger partial charge in [0.2, 0.25) is 0 Å². The zero-order chi connectivity index (χ0) is 10.3. The highest BCUT2D eigenvalue weighted by Gasteiger charge is 2.15. The fraction of sp³-hybridized carbons (Fsp3) is 0.778. The molecular weight excluding hydrogens is 168 g/mol. The van der Waals surface area contributed by atoms with E-state index in [1.807, 2.05) is 20.8 Å². The topological polar surface area (TPSA) is 42.7 Å². The van der Waals surface area contributed by atoms with Crippen LogP contribution in [0.15, 0.2) is 0 Å². The summed E-state index contributed by atoms with van der Waals surface area (Å²) in [6.07, 6.45) is 0.333. The normalized spacial score (nSPS) is 10.3. The number of hydrogen-bond donors (Lipinski definition) is 1. The quantitative estimate of drug-likeness (QED) is 0.682. The fourth-order valence-electron chi connectivity index (χ4n) is 0.675. The molecule has 0 spiro atoms. The maximum Gasteiger partial charge on any atom is 0.407 e. The molecule has 4 nitrogen and oxygen atoms in total. The molecule has 0 unspecified atom stereocenters. The molecule has 0 heterocycles. The van der Waals surface area contributed by atoms with E-state index in [9.17, 15) is 4.79 Å². The molecule has 0 atom stereocenters. The van der Waals surface area contributed by atoms with Crippen molar-refractivity contribution in [1.29, 1.82) is 0 Å². The summed E-state index contributed by atoms with van der Waals surface area (Å²) in [5.74, 6) is 0. The minimum absolute atomic E-state index is 0.399. The maximum absolute atomic E-state index is 11.0. The Kier molecular flexibility index (Phi) is 4.90. The van der Waals surface area contributed by atoms with Gasteiger partial charge in [-0.25, -0.2) is 4.79 Å². The Morgan fingerprint density at radius 2 is 2.15 bits per heavy atom. The molecule has 1 N–H and O–H groups in total. The summed E-state index contributed by atoms with van der Waals surface area (Å²) in [6.45, 7) is 11.5. The Balaban J connectivity index is 3.48. The molecule has 0 rings (SSSR count). The third-order valence-electron chi connectivity index (χ3n) is 1.13. The molecule has 1 amide bonds. The van der Waals surface area contributed by atoms with Crippen molar-refractivity contribution in [1.82, 2.24) is 5.32 Å². The van der Waals surface area contributed by atoms with Crippen LogP contribution in [-0.4, -0.2) is 24.8 Å². The van der Waals surface area contributed by atoms with Gasteiger partial charge in [-0.3, -0.25) is 0 Å². The molecule has 0 radical (unpaired) electrons. The number of nitrogens with one attached hydrogen (secondary N) is 1. The van der Waals surface area contributed by atoms with Gasteiger partial charge in [-0.15, -0.1) is 0 Å². The average molecular weight is 185 g/mol. The maximum atomic E-state index is 11.0. The standard InChI is InChI=1S/C9H16N2O2/c1-9(2,3)13-8(12)11-7-5-6-10-4/h4H,5-7H2,1-3H3/p+1. The van der Waals surface area contributed by atoms with Crippen LogP contribution < -0.4 is 5.32 Å². The van der Waals surface area contributed by atoms with Crippen LogP contribution in [0, 0.1) is 6.57 Å². The summed E-state index contributed by atoms with van der Waals surface area (Å²) >= 11 is 0. The van der Waals surface area contributed by atoms with Crippen molar-refractivity contribution in [3.05, 3.63) is 4.85 Å². The van der Waals surface area contributed by atoms with Gasteiger partial charge < -0.3 is 10.1 Å². The zero-order valence-corrected chi connectivity index (χ0v) is 8.46. The predicted octanol–water partition coefficient (Wildman–Crippen LogP) is 1.86. The van der Waals surface area contributed by atoms with Gasteiger partial charge in [-0.1, -0.05) is 4.85 Å². The van der Waals surface area contributed by atoms with Crippen molar-refractivity contribution in [3.8, 4) is 6.57 Å². The monoisotopic (exact) mass is 185 g/mol. The highest BCUT2D eigenvalue weighted by molar-refractivity contribution is 5.67. The minimum Gasteiger partial charge on any atom is -0.444 e. The second kappa shape index (κ2) is 5.41. The van der Waals surface area contributed by atoms with Crippen molar-refractivity contribution < 1.29 is 9.53 Å². The molecule has 0 aromatic heterocycles. The van der Waals surface area contributed by atoms with E-state index in [4.69, 9.17) is 11.3 Å². The van der Waals surface area contributed by atoms with Crippen LogP contribution in [0.1, 0.15) is 27.2 Å². The van der Waals surface area contributed by atoms with E-state index in [0.29, 0.717) is 13.1 Å². The first-order valence-electron chi connectivity index (χ1n) is 4.29. The molecule has 0 aliphatic rings. The average Bonchev–Trinajstić information content (AvgIpc) is 1.94. The third kappa shape index (κ3) is 8.67. The fourth-order valence-corrected chi connectivity index (χ4v) is 0.675. The molecule has 0 aromatic rings. The number of carbonyl (C=O) groups is 1. The van der Waals surface area contributed by atoms with Gasteiger partial charge in [0.05, 0.1) is 0 Å². The lowest BCUT2D eigenvalue weighted by Gasteiger charge is -2.19. The van der Waals surface area contributed by atoms with Crippen molar-refractivity contribution >= 4 is 6.09 Å². The summed E-state index contributed by atoms with van der Waals surface area (Å²) in [6, 6.07) is 0. The van der Waals surface area contributed by atoms with Crippen molar-refractivity contribution in [2.24, 2.45) is 0 Å². The third-order valence-corrected chi connectivity index (χ3v) is 1.13. The van der Waals surface area contributed by atoms with E-state index < -0.39 is 11.7 Å². The number of ether oxygens (including phenoxy) is 1. The molecule has 0 saturated carbocycles. The van der Waals surface area contributed by atoms with Crippen molar-refractivity contribution in [2.45, 2.75) is 32.8 Å². The number of alkyl carbamates (subject to hydrolysis) is 1. The smallest absolute Gasteiger partial charge is 0.407 e. The molecule has 0 bridgehead atoms. The van der Waals surface area contributed by atoms with Crippen LogP contribution in [0.3, 0.4) is 0 Å². The Labute approximate surface area is 79.1 Å². The first-order valence-corrected chi connectivity index (χ1v) is 4.29. The molecule has 0 aliphatic heterocycles. The van der Waals surface area contributed by atoms with Gasteiger partial charge in [-0.2, -0.15) is 0 Å². The molecule has 13 heavy (non-hydrogen) atoms. The SMILES string of the molecule is C#[N+]CCCNC(=O)OC(C)(C)C. The van der Waals surface area contributed by atoms with E-state index in [0.717, 1.165) is 6.42 Å². The van der Waals surface area contributed by atoms with Gasteiger partial charge in [0, 0.05) is 13.0 Å². The van der Waals surface area contributed by atoms with Crippen LogP contribution in [0.4, 0.5) is 4.79 Å². The second-order valence-electron chi connectivity index (χ2n) is 3.69. The van der Waals surface area contributed by atoms with Crippen LogP contribution in [-0.2, 0) is 4.74 Å². The molecule has 0 fully saturated rings. The lowest BCUT2D eigenvalue weighted by Crippen LogP contribution is -2.33. The number of carbonyl (C=O) groups excluding carboxylic acids is 1. The van der Waals surface area contributed by atoms with Crippen LogP contribution in [0.2, 0.25) is 0 Å². The van der Waals surface area contributed by atoms with Gasteiger partial charge in [0.15, 0.2) is 0 Å². The molecule has 74 valence electrons. The van der Waals surface area contributed by atoms with Crippen LogP contribution in [0.5, 0.6) is 0 Å². The molecule has 4 heteroatoms. The first kappa shape index (κ1) is 11.8. The number of hydrogen-bond acceptors (Lipinski definition) is 2. The van der Waals surface area contributed by atoms with Gasteiger partial charge in [0.25, 0.3) is 13.1 Å². The van der Waals surface area contributed by atoms with E-state index in [-0.39, 0.29) is 0 Å². The Morgan fingerprint density at radius 1 is 1.54 bits per heavy atom. The molecule has 0 aliphatic carbocycles. The van der Waals surface area contributed by atoms with E-state index in [1.54, 1.807) is 0 Å². The predicted molar refractivity (Wildman–Crippen MR) is 52.0 cm³/mol. The van der Waals surface area contributed by atoms with Crippen molar-refractivity contribution in [3.63, 3.8) is 0 Å². The lowest BCUT2D eigenvalue weighted by atomic mass is 10.2. The van der Waals surface area contributed by atoms with Crippen molar-refractivity contribution in [2.75, 3.05) is 13.1 Å². The minimum atomic E-state index is -0.442. The van der Waals surface area contributed by atoms with Gasteiger partial charge in [-0.05, 0) is 20.8 Å². The molecular formula is C9H17N2O2+. The summed E-state index contributed by atoms with van der Waals surface area (Å²) in [4.78, 5) is 14.4. The summed E-state index contributed by atoms with van der Waals surface area (Å²) in [7, 11) is 0. The van der Waals surface area contributed by atoms with E-state index in [2.05, 4.69) is 10.2 Å². The Morgan fingerprint density at radius 3 is 2.62 bits per heavy atom. The zero-order valence-electron chi connectivity index (χ0n) is 8.46. The van der Waals surface area contributed by atoms with Gasteiger partial charge >= 0.3 is 6.09 Å². The highest BCUT2D eigenvalue weighted by Crippen LogP contribution is 2.06. The summed E-state index contributed by atoms with van der Waals surface area (Å²) in [5, 5.41) is 2.60. The van der Waals surface area contributed by atoms with E-state index in [1.165, 1.54) is 0 Å². The summed E-state index contributed by atoms with van der Waals surface area (Å²) < 4.78 is 5.01. The lowest BCUT2D eigenvalue weighted by molar-refractivity contribution is 0.0528. The number of amides is 1. The Bertz CT molecular complexity index is 201. The number of rotatable bonds is 3. The Hall–Kier alpha value is -1.24. The number of nitrogens with zero attached hydrogens (tertiary/aromatic N) is 1. The first-order chi connectivity index (χ1) is 5.95. The highest BCUT2D eigenvalue weighted by atomic mass is 16.6. The molecule has 0 aromatic carbocycles. The second-order valence-corrected chi connectivity index (χ2v) is 3.69. The van der Waals surface area contributed by atoms with Gasteiger partial charge in [0.1, 0.15) is 5.60 Å². The molecule has 0 saturated heterocycles.